The van der Waals surface area contributed by atoms with Crippen LogP contribution < -0.4 is 26.8 Å². The quantitative estimate of drug-likeness (QED) is 0.320. The van der Waals surface area contributed by atoms with Crippen molar-refractivity contribution in [3.8, 4) is 5.88 Å². The summed E-state index contributed by atoms with van der Waals surface area (Å²) in [5.41, 5.74) is -1.20. The van der Waals surface area contributed by atoms with E-state index in [1.54, 1.807) is 19.1 Å². The van der Waals surface area contributed by atoms with Crippen LogP contribution in [0.1, 0.15) is 37.4 Å². The molecule has 13 nitrogen and oxygen atoms in total. The average molecular weight is 524 g/mol. The molecule has 4 heterocycles. The second-order valence-corrected chi connectivity index (χ2v) is 10.1. The largest absolute Gasteiger partial charge is 0.494 e. The number of benzene rings is 1. The van der Waals surface area contributed by atoms with Gasteiger partial charge < -0.3 is 14.9 Å². The molecule has 2 unspecified atom stereocenters. The molecule has 1 aromatic heterocycles. The van der Waals surface area contributed by atoms with Crippen molar-refractivity contribution in [2.45, 2.75) is 38.8 Å². The third-order valence-corrected chi connectivity index (χ3v) is 7.79. The molecule has 1 aromatic carbocycles. The molecule has 0 aliphatic carbocycles. The number of anilines is 1. The fourth-order valence-electron chi connectivity index (χ4n) is 5.55. The van der Waals surface area contributed by atoms with E-state index in [0.717, 1.165) is 16.8 Å². The number of barbiturate groups is 1. The van der Waals surface area contributed by atoms with E-state index in [0.29, 0.717) is 30.8 Å². The molecule has 4 amide bonds. The number of hydrogen-bond acceptors (Lipinski definition) is 9. The third kappa shape index (κ3) is 3.90. The molecule has 200 valence electrons. The van der Waals surface area contributed by atoms with Crippen molar-refractivity contribution in [3.63, 3.8) is 0 Å². The zero-order chi connectivity index (χ0) is 27.4. The van der Waals surface area contributed by atoms with E-state index < -0.39 is 46.4 Å². The highest BCUT2D eigenvalue weighted by Crippen LogP contribution is 2.45. The number of hydrogen-bond donors (Lipinski definition) is 4. The summed E-state index contributed by atoms with van der Waals surface area (Å²) in [7, 11) is 1.92. The zero-order valence-corrected chi connectivity index (χ0v) is 21.3. The van der Waals surface area contributed by atoms with Gasteiger partial charge in [-0.15, -0.1) is 0 Å². The van der Waals surface area contributed by atoms with Gasteiger partial charge in [0, 0.05) is 37.6 Å². The molecular weight excluding hydrogens is 494 g/mol. The zero-order valence-electron chi connectivity index (χ0n) is 21.3. The van der Waals surface area contributed by atoms with E-state index in [4.69, 9.17) is 0 Å². The Balaban J connectivity index is 1.56. The maximum atomic E-state index is 13.2. The first-order chi connectivity index (χ1) is 18.1. The summed E-state index contributed by atoms with van der Waals surface area (Å²) >= 11 is 0. The van der Waals surface area contributed by atoms with Crippen molar-refractivity contribution < 1.29 is 19.5 Å². The van der Waals surface area contributed by atoms with Crippen LogP contribution in [-0.2, 0) is 16.0 Å². The molecular formula is C25H29N7O6. The molecule has 13 heteroatoms. The fraction of sp³-hybridized carbons (Fsp3) is 0.440. The molecule has 2 aromatic rings. The van der Waals surface area contributed by atoms with Crippen LogP contribution in [0.2, 0.25) is 0 Å². The molecule has 3 aliphatic heterocycles. The van der Waals surface area contributed by atoms with Gasteiger partial charge in [0.2, 0.25) is 17.7 Å². The lowest BCUT2D eigenvalue weighted by atomic mass is 9.68. The summed E-state index contributed by atoms with van der Waals surface area (Å²) in [5.74, 6) is -1.76. The number of aromatic hydroxyl groups is 1. The van der Waals surface area contributed by atoms with Crippen LogP contribution in [-0.4, -0.2) is 76.3 Å². The van der Waals surface area contributed by atoms with Crippen molar-refractivity contribution in [3.05, 3.63) is 50.2 Å². The number of piperazine rings is 1. The van der Waals surface area contributed by atoms with E-state index >= 15 is 0 Å². The number of aromatic amines is 1. The minimum atomic E-state index is -1.51. The molecule has 1 spiro atoms. The van der Waals surface area contributed by atoms with Gasteiger partial charge in [0.05, 0.1) is 11.7 Å². The predicted octanol–water partition coefficient (Wildman–Crippen LogP) is -0.00730. The maximum Gasteiger partial charge on any atom is 0.331 e. The standard InChI is InChI=1S/C25H29N7O6/c1-4-13(2)32-20(34)16(19(33)27-24(32)38)11-26-15-5-6-17-14(9-15)10-25(18-12-30(3)7-8-31(17)18)21(35)28-23(37)29-22(25)36/h5-6,9,11,13,18,34H,4,7-8,10,12H2,1-3H3,(H,27,33,38)(H2,28,29,35,36,37). The van der Waals surface area contributed by atoms with Gasteiger partial charge in [-0.1, -0.05) is 6.92 Å². The van der Waals surface area contributed by atoms with Crippen LogP contribution in [0.15, 0.2) is 32.8 Å². The lowest BCUT2D eigenvalue weighted by Crippen LogP contribution is -2.74. The number of rotatable bonds is 4. The van der Waals surface area contributed by atoms with E-state index in [-0.39, 0.29) is 18.0 Å². The lowest BCUT2D eigenvalue weighted by Gasteiger charge is -2.53. The summed E-state index contributed by atoms with van der Waals surface area (Å²) in [6, 6.07) is 3.64. The van der Waals surface area contributed by atoms with Crippen molar-refractivity contribution in [2.24, 2.45) is 10.4 Å². The molecule has 0 bridgehead atoms. The first kappa shape index (κ1) is 25.4. The number of imide groups is 2. The first-order valence-corrected chi connectivity index (χ1v) is 12.4. The number of nitrogens with zero attached hydrogens (tertiary/aromatic N) is 4. The molecule has 0 radical (unpaired) electrons. The summed E-state index contributed by atoms with van der Waals surface area (Å²) in [6.07, 6.45) is 1.79. The summed E-state index contributed by atoms with van der Waals surface area (Å²) in [4.78, 5) is 73.5. The molecule has 5 rings (SSSR count). The van der Waals surface area contributed by atoms with Gasteiger partial charge in [0.25, 0.3) is 5.56 Å². The Bertz CT molecular complexity index is 1470. The Morgan fingerprint density at radius 1 is 1.16 bits per heavy atom. The van der Waals surface area contributed by atoms with Gasteiger partial charge >= 0.3 is 11.7 Å². The van der Waals surface area contributed by atoms with Crippen molar-refractivity contribution >= 4 is 35.4 Å². The Morgan fingerprint density at radius 3 is 2.55 bits per heavy atom. The first-order valence-electron chi connectivity index (χ1n) is 12.4. The van der Waals surface area contributed by atoms with Crippen LogP contribution in [0, 0.1) is 5.41 Å². The molecule has 2 fully saturated rings. The monoisotopic (exact) mass is 523 g/mol. The number of H-pyrrole nitrogens is 1. The van der Waals surface area contributed by atoms with Crippen LogP contribution in [0.25, 0.3) is 0 Å². The van der Waals surface area contributed by atoms with Gasteiger partial charge in [-0.25, -0.2) is 9.59 Å². The van der Waals surface area contributed by atoms with E-state index in [9.17, 15) is 29.1 Å². The van der Waals surface area contributed by atoms with Crippen LogP contribution in [0.4, 0.5) is 16.2 Å². The average Bonchev–Trinajstić information content (AvgIpc) is 2.86. The van der Waals surface area contributed by atoms with Gasteiger partial charge in [-0.2, -0.15) is 0 Å². The second-order valence-electron chi connectivity index (χ2n) is 10.1. The molecule has 38 heavy (non-hydrogen) atoms. The highest BCUT2D eigenvalue weighted by molar-refractivity contribution is 6.20. The number of aromatic nitrogens is 2. The molecule has 4 N–H and O–H groups in total. The smallest absolute Gasteiger partial charge is 0.331 e. The molecule has 0 saturated carbocycles. The second kappa shape index (κ2) is 9.24. The minimum Gasteiger partial charge on any atom is -0.494 e. The Hall–Kier alpha value is -4.26. The van der Waals surface area contributed by atoms with Crippen LogP contribution in [0.5, 0.6) is 5.88 Å². The maximum absolute atomic E-state index is 13.2. The number of carbonyl (C=O) groups excluding carboxylic acids is 3. The van der Waals surface area contributed by atoms with Gasteiger partial charge in [-0.3, -0.25) is 39.6 Å². The number of likely N-dealkylation sites (N-methyl/N-ethyl adjacent to an activating group) is 1. The molecule has 2 atom stereocenters. The van der Waals surface area contributed by atoms with Gasteiger partial charge in [-0.05, 0) is 50.6 Å². The summed E-state index contributed by atoms with van der Waals surface area (Å²) in [6.45, 7) is 5.36. The Kier molecular flexibility index (Phi) is 6.18. The predicted molar refractivity (Wildman–Crippen MR) is 138 cm³/mol. The van der Waals surface area contributed by atoms with Crippen molar-refractivity contribution in [2.75, 3.05) is 31.6 Å². The van der Waals surface area contributed by atoms with Gasteiger partial charge in [0.15, 0.2) is 5.41 Å². The summed E-state index contributed by atoms with van der Waals surface area (Å²) in [5, 5.41) is 15.2. The fourth-order valence-corrected chi connectivity index (χ4v) is 5.55. The highest BCUT2D eigenvalue weighted by Gasteiger charge is 2.60. The Morgan fingerprint density at radius 2 is 1.87 bits per heavy atom. The molecule has 3 aliphatic rings. The van der Waals surface area contributed by atoms with Crippen molar-refractivity contribution in [1.82, 2.24) is 25.1 Å². The third-order valence-electron chi connectivity index (χ3n) is 7.79. The van der Waals surface area contributed by atoms with Crippen LogP contribution in [0.3, 0.4) is 0 Å². The topological polar surface area (TPSA) is 169 Å². The number of carbonyl (C=O) groups is 3. The highest BCUT2D eigenvalue weighted by atomic mass is 16.3. The summed E-state index contributed by atoms with van der Waals surface area (Å²) < 4.78 is 1.11. The van der Waals surface area contributed by atoms with E-state index in [2.05, 4.69) is 20.6 Å². The van der Waals surface area contributed by atoms with Crippen LogP contribution >= 0.6 is 0 Å². The number of nitrogens with one attached hydrogen (secondary N) is 3. The Labute approximate surface area is 217 Å². The van der Waals surface area contributed by atoms with E-state index in [1.807, 2.05) is 29.8 Å². The SMILES string of the molecule is CCC(C)n1c(O)c(C=Nc2ccc3c(c2)CC2(C(=O)NC(=O)NC2=O)C2CN(C)CCN32)c(=O)[nH]c1=O. The number of aliphatic imine (C=N–C) groups is 1. The normalized spacial score (nSPS) is 21.7. The van der Waals surface area contributed by atoms with Gasteiger partial charge in [0.1, 0.15) is 5.56 Å². The lowest BCUT2D eigenvalue weighted by molar-refractivity contribution is -0.147. The number of urea groups is 1. The minimum absolute atomic E-state index is 0.0520. The van der Waals surface area contributed by atoms with E-state index in [1.165, 1.54) is 6.21 Å². The number of amides is 4. The number of fused-ring (bicyclic) bond motifs is 4. The molecule has 2 saturated heterocycles. The van der Waals surface area contributed by atoms with Crippen molar-refractivity contribution in [1.29, 1.82) is 0 Å².